The SMILES string of the molecule is CC(C)CN1CCN(C(=O)[C@H](N)C(C)C)CC1.Cl.Cl. The maximum Gasteiger partial charge on any atom is 0.239 e. The standard InChI is InChI=1S/C13H27N3O.2ClH/c1-10(2)9-15-5-7-16(8-6-15)13(17)12(14)11(3)4;;/h10-12H,5-9,14H2,1-4H3;2*1H/t12-;;/m1../s1. The third-order valence-corrected chi connectivity index (χ3v) is 3.31. The van der Waals surface area contributed by atoms with Gasteiger partial charge in [-0.2, -0.15) is 0 Å². The third kappa shape index (κ3) is 6.80. The van der Waals surface area contributed by atoms with Gasteiger partial charge >= 0.3 is 0 Å². The number of carbonyl (C=O) groups excluding carboxylic acids is 1. The number of halogens is 2. The van der Waals surface area contributed by atoms with Crippen LogP contribution in [-0.4, -0.2) is 54.5 Å². The molecule has 0 aromatic heterocycles. The van der Waals surface area contributed by atoms with Crippen molar-refractivity contribution in [1.82, 2.24) is 9.80 Å². The number of amides is 1. The van der Waals surface area contributed by atoms with Gasteiger partial charge in [-0.1, -0.05) is 27.7 Å². The highest BCUT2D eigenvalue weighted by atomic mass is 35.5. The van der Waals surface area contributed by atoms with Gasteiger partial charge < -0.3 is 10.6 Å². The zero-order valence-corrected chi connectivity index (χ0v) is 14.1. The minimum Gasteiger partial charge on any atom is -0.339 e. The Bertz CT molecular complexity index is 254. The van der Waals surface area contributed by atoms with Crippen molar-refractivity contribution in [2.45, 2.75) is 33.7 Å². The Morgan fingerprint density at radius 2 is 1.53 bits per heavy atom. The van der Waals surface area contributed by atoms with E-state index in [2.05, 4.69) is 18.7 Å². The summed E-state index contributed by atoms with van der Waals surface area (Å²) in [5.41, 5.74) is 5.90. The molecular formula is C13H29Cl2N3O. The van der Waals surface area contributed by atoms with Crippen molar-refractivity contribution < 1.29 is 4.79 Å². The fourth-order valence-corrected chi connectivity index (χ4v) is 2.16. The highest BCUT2D eigenvalue weighted by molar-refractivity contribution is 5.85. The van der Waals surface area contributed by atoms with Gasteiger partial charge in [0.15, 0.2) is 0 Å². The number of nitrogens with two attached hydrogens (primary N) is 1. The van der Waals surface area contributed by atoms with Crippen LogP contribution in [-0.2, 0) is 4.79 Å². The van der Waals surface area contributed by atoms with E-state index in [1.165, 1.54) is 0 Å². The molecule has 0 unspecified atom stereocenters. The lowest BCUT2D eigenvalue weighted by Crippen LogP contribution is -2.54. The van der Waals surface area contributed by atoms with E-state index in [9.17, 15) is 4.79 Å². The van der Waals surface area contributed by atoms with Crippen LogP contribution in [0, 0.1) is 11.8 Å². The van der Waals surface area contributed by atoms with Gasteiger partial charge in [0, 0.05) is 32.7 Å². The molecule has 116 valence electrons. The lowest BCUT2D eigenvalue weighted by Gasteiger charge is -2.37. The van der Waals surface area contributed by atoms with Crippen molar-refractivity contribution in [2.24, 2.45) is 17.6 Å². The molecular weight excluding hydrogens is 285 g/mol. The van der Waals surface area contributed by atoms with Crippen molar-refractivity contribution in [3.63, 3.8) is 0 Å². The molecule has 0 spiro atoms. The number of hydrogen-bond donors (Lipinski definition) is 1. The molecule has 0 bridgehead atoms. The van der Waals surface area contributed by atoms with Crippen molar-refractivity contribution in [3.8, 4) is 0 Å². The maximum absolute atomic E-state index is 12.1. The molecule has 0 saturated carbocycles. The summed E-state index contributed by atoms with van der Waals surface area (Å²) in [4.78, 5) is 16.4. The first-order valence-electron chi connectivity index (χ1n) is 6.68. The zero-order valence-electron chi connectivity index (χ0n) is 12.5. The third-order valence-electron chi connectivity index (χ3n) is 3.31. The Morgan fingerprint density at radius 1 is 1.05 bits per heavy atom. The number of nitrogens with zero attached hydrogens (tertiary/aromatic N) is 2. The molecule has 2 N–H and O–H groups in total. The lowest BCUT2D eigenvalue weighted by atomic mass is 10.0. The second kappa shape index (κ2) is 9.81. The van der Waals surface area contributed by atoms with Crippen LogP contribution in [0.1, 0.15) is 27.7 Å². The Hall–Kier alpha value is -0.0300. The molecule has 1 amide bonds. The molecule has 1 atom stereocenters. The number of piperazine rings is 1. The molecule has 1 aliphatic heterocycles. The molecule has 4 nitrogen and oxygen atoms in total. The highest BCUT2D eigenvalue weighted by Gasteiger charge is 2.26. The van der Waals surface area contributed by atoms with Crippen LogP contribution in [0.5, 0.6) is 0 Å². The summed E-state index contributed by atoms with van der Waals surface area (Å²) in [6.07, 6.45) is 0. The first kappa shape index (κ1) is 21.3. The number of rotatable bonds is 4. The minimum absolute atomic E-state index is 0. The topological polar surface area (TPSA) is 49.6 Å². The normalized spacial score (nSPS) is 17.9. The van der Waals surface area contributed by atoms with E-state index < -0.39 is 0 Å². The Labute approximate surface area is 129 Å². The zero-order chi connectivity index (χ0) is 13.0. The van der Waals surface area contributed by atoms with Crippen LogP contribution < -0.4 is 5.73 Å². The van der Waals surface area contributed by atoms with Gasteiger partial charge in [0.1, 0.15) is 0 Å². The summed E-state index contributed by atoms with van der Waals surface area (Å²) in [6.45, 7) is 13.2. The van der Waals surface area contributed by atoms with E-state index in [0.29, 0.717) is 5.92 Å². The van der Waals surface area contributed by atoms with Crippen LogP contribution in [0.4, 0.5) is 0 Å². The largest absolute Gasteiger partial charge is 0.339 e. The summed E-state index contributed by atoms with van der Waals surface area (Å²) >= 11 is 0. The Balaban J connectivity index is 0. The lowest BCUT2D eigenvalue weighted by molar-refractivity contribution is -0.135. The quantitative estimate of drug-likeness (QED) is 0.858. The van der Waals surface area contributed by atoms with Crippen LogP contribution in [0.15, 0.2) is 0 Å². The Morgan fingerprint density at radius 3 is 1.89 bits per heavy atom. The molecule has 0 aromatic carbocycles. The van der Waals surface area contributed by atoms with Gasteiger partial charge in [-0.15, -0.1) is 24.8 Å². The summed E-state index contributed by atoms with van der Waals surface area (Å²) < 4.78 is 0. The molecule has 1 heterocycles. The number of carbonyl (C=O) groups is 1. The van der Waals surface area contributed by atoms with Gasteiger partial charge in [0.2, 0.25) is 5.91 Å². The monoisotopic (exact) mass is 313 g/mol. The average Bonchev–Trinajstić information content (AvgIpc) is 2.27. The first-order chi connectivity index (χ1) is 7.91. The second-order valence-corrected chi connectivity index (χ2v) is 5.79. The van der Waals surface area contributed by atoms with Crippen LogP contribution in [0.25, 0.3) is 0 Å². The maximum atomic E-state index is 12.1. The van der Waals surface area contributed by atoms with E-state index in [0.717, 1.165) is 32.7 Å². The molecule has 0 aliphatic carbocycles. The van der Waals surface area contributed by atoms with Gasteiger partial charge in [0.05, 0.1) is 6.04 Å². The molecule has 1 fully saturated rings. The summed E-state index contributed by atoms with van der Waals surface area (Å²) in [7, 11) is 0. The molecule has 0 radical (unpaired) electrons. The van der Waals surface area contributed by atoms with Crippen LogP contribution in [0.2, 0.25) is 0 Å². The van der Waals surface area contributed by atoms with E-state index >= 15 is 0 Å². The molecule has 0 aromatic rings. The van der Waals surface area contributed by atoms with Crippen LogP contribution >= 0.6 is 24.8 Å². The molecule has 1 saturated heterocycles. The predicted molar refractivity (Wildman–Crippen MR) is 85.2 cm³/mol. The summed E-state index contributed by atoms with van der Waals surface area (Å²) in [5.74, 6) is 1.02. The minimum atomic E-state index is -0.341. The Kier molecular flexibility index (Phi) is 11.0. The van der Waals surface area contributed by atoms with Gasteiger partial charge in [-0.3, -0.25) is 9.69 Å². The van der Waals surface area contributed by atoms with Gasteiger partial charge in [-0.05, 0) is 11.8 Å². The van der Waals surface area contributed by atoms with Crippen molar-refractivity contribution in [2.75, 3.05) is 32.7 Å². The molecule has 19 heavy (non-hydrogen) atoms. The van der Waals surface area contributed by atoms with Gasteiger partial charge in [0.25, 0.3) is 0 Å². The van der Waals surface area contributed by atoms with Crippen molar-refractivity contribution in [3.05, 3.63) is 0 Å². The highest BCUT2D eigenvalue weighted by Crippen LogP contribution is 2.09. The van der Waals surface area contributed by atoms with E-state index in [-0.39, 0.29) is 42.7 Å². The van der Waals surface area contributed by atoms with E-state index in [1.54, 1.807) is 0 Å². The van der Waals surface area contributed by atoms with Crippen molar-refractivity contribution >= 4 is 30.7 Å². The molecule has 1 aliphatic rings. The first-order valence-corrected chi connectivity index (χ1v) is 6.68. The smallest absolute Gasteiger partial charge is 0.239 e. The average molecular weight is 314 g/mol. The summed E-state index contributed by atoms with van der Waals surface area (Å²) in [5, 5.41) is 0. The van der Waals surface area contributed by atoms with Gasteiger partial charge in [-0.25, -0.2) is 0 Å². The fraction of sp³-hybridized carbons (Fsp3) is 0.923. The van der Waals surface area contributed by atoms with Crippen LogP contribution in [0.3, 0.4) is 0 Å². The number of hydrogen-bond acceptors (Lipinski definition) is 3. The molecule has 1 rings (SSSR count). The van der Waals surface area contributed by atoms with E-state index in [1.807, 2.05) is 18.7 Å². The fourth-order valence-electron chi connectivity index (χ4n) is 2.16. The second-order valence-electron chi connectivity index (χ2n) is 5.79. The van der Waals surface area contributed by atoms with Crippen molar-refractivity contribution in [1.29, 1.82) is 0 Å². The predicted octanol–water partition coefficient (Wildman–Crippen LogP) is 1.61. The van der Waals surface area contributed by atoms with E-state index in [4.69, 9.17) is 5.73 Å². The summed E-state index contributed by atoms with van der Waals surface area (Å²) in [6, 6.07) is -0.341. The molecule has 6 heteroatoms.